The summed E-state index contributed by atoms with van der Waals surface area (Å²) in [7, 11) is 0. The lowest BCUT2D eigenvalue weighted by Crippen LogP contribution is -2.31. The molecule has 1 aliphatic heterocycles. The van der Waals surface area contributed by atoms with Crippen LogP contribution in [0.2, 0.25) is 5.02 Å². The van der Waals surface area contributed by atoms with Gasteiger partial charge in [-0.2, -0.15) is 4.39 Å². The third-order valence-corrected chi connectivity index (χ3v) is 3.92. The summed E-state index contributed by atoms with van der Waals surface area (Å²) < 4.78 is 25.7. The number of carbonyl (C=O) groups excluding carboxylic acids is 1. The Labute approximate surface area is 143 Å². The van der Waals surface area contributed by atoms with Gasteiger partial charge in [0.05, 0.1) is 12.6 Å². The molecule has 0 radical (unpaired) electrons. The minimum Gasteiger partial charge on any atom is -0.490 e. The highest BCUT2D eigenvalue weighted by molar-refractivity contribution is 6.30. The molecule has 2 aromatic rings. The number of fused-ring (bicyclic) bond motifs is 1. The van der Waals surface area contributed by atoms with E-state index in [9.17, 15) is 9.18 Å². The highest BCUT2D eigenvalue weighted by Crippen LogP contribution is 2.39. The molecule has 24 heavy (non-hydrogen) atoms. The van der Waals surface area contributed by atoms with Crippen LogP contribution in [0.15, 0.2) is 49.1 Å². The SMILES string of the molecule is C=CC(=O)NC1CCOc2c1ccc(Oc1ccc(Cl)cc1)c2F. The second kappa shape index (κ2) is 6.93. The highest BCUT2D eigenvalue weighted by Gasteiger charge is 2.27. The molecule has 4 nitrogen and oxygen atoms in total. The maximum Gasteiger partial charge on any atom is 0.243 e. The minimum absolute atomic E-state index is 0.0479. The predicted octanol–water partition coefficient (Wildman–Crippen LogP) is 4.40. The molecule has 0 saturated carbocycles. The monoisotopic (exact) mass is 347 g/mol. The van der Waals surface area contributed by atoms with Gasteiger partial charge in [0.2, 0.25) is 11.7 Å². The van der Waals surface area contributed by atoms with E-state index in [0.717, 1.165) is 0 Å². The molecular formula is C18H15ClFNO3. The highest BCUT2D eigenvalue weighted by atomic mass is 35.5. The molecule has 1 amide bonds. The lowest BCUT2D eigenvalue weighted by molar-refractivity contribution is -0.117. The molecular weight excluding hydrogens is 333 g/mol. The number of carbonyl (C=O) groups is 1. The van der Waals surface area contributed by atoms with E-state index in [1.807, 2.05) is 0 Å². The zero-order chi connectivity index (χ0) is 17.1. The molecule has 0 saturated heterocycles. The third-order valence-electron chi connectivity index (χ3n) is 3.66. The van der Waals surface area contributed by atoms with E-state index in [0.29, 0.717) is 29.4 Å². The summed E-state index contributed by atoms with van der Waals surface area (Å²) in [6.45, 7) is 3.72. The molecule has 1 heterocycles. The first-order valence-electron chi connectivity index (χ1n) is 7.40. The van der Waals surface area contributed by atoms with Gasteiger partial charge in [-0.3, -0.25) is 4.79 Å². The number of nitrogens with one attached hydrogen (secondary N) is 1. The normalized spacial score (nSPS) is 15.8. The van der Waals surface area contributed by atoms with Crippen LogP contribution >= 0.6 is 11.6 Å². The van der Waals surface area contributed by atoms with Gasteiger partial charge in [0.15, 0.2) is 11.5 Å². The van der Waals surface area contributed by atoms with E-state index in [1.54, 1.807) is 30.3 Å². The van der Waals surface area contributed by atoms with Gasteiger partial charge in [-0.15, -0.1) is 0 Å². The quantitative estimate of drug-likeness (QED) is 0.834. The van der Waals surface area contributed by atoms with Crippen LogP contribution in [-0.4, -0.2) is 12.5 Å². The van der Waals surface area contributed by atoms with Crippen LogP contribution in [-0.2, 0) is 4.79 Å². The molecule has 124 valence electrons. The topological polar surface area (TPSA) is 47.6 Å². The first kappa shape index (κ1) is 16.3. The van der Waals surface area contributed by atoms with Crippen molar-refractivity contribution in [3.8, 4) is 17.2 Å². The molecule has 0 aliphatic carbocycles. The molecule has 0 fully saturated rings. The summed E-state index contributed by atoms with van der Waals surface area (Å²) in [5, 5.41) is 3.34. The third kappa shape index (κ3) is 3.36. The molecule has 1 unspecified atom stereocenters. The summed E-state index contributed by atoms with van der Waals surface area (Å²) >= 11 is 5.82. The zero-order valence-electron chi connectivity index (χ0n) is 12.7. The van der Waals surface area contributed by atoms with Crippen LogP contribution in [0, 0.1) is 5.82 Å². The van der Waals surface area contributed by atoms with E-state index in [-0.39, 0.29) is 23.4 Å². The fourth-order valence-corrected chi connectivity index (χ4v) is 2.62. The maximum absolute atomic E-state index is 14.7. The summed E-state index contributed by atoms with van der Waals surface area (Å²) in [6.07, 6.45) is 1.74. The summed E-state index contributed by atoms with van der Waals surface area (Å²) in [4.78, 5) is 11.5. The van der Waals surface area contributed by atoms with E-state index in [1.165, 1.54) is 12.1 Å². The Hall–Kier alpha value is -2.53. The molecule has 1 N–H and O–H groups in total. The number of amides is 1. The number of hydrogen-bond acceptors (Lipinski definition) is 3. The molecule has 0 bridgehead atoms. The van der Waals surface area contributed by atoms with Crippen molar-refractivity contribution in [2.45, 2.75) is 12.5 Å². The Kier molecular flexibility index (Phi) is 4.71. The summed E-state index contributed by atoms with van der Waals surface area (Å²) in [5.41, 5.74) is 0.581. The second-order valence-corrected chi connectivity index (χ2v) is 5.69. The van der Waals surface area contributed by atoms with Crippen molar-refractivity contribution in [3.05, 3.63) is 65.5 Å². The van der Waals surface area contributed by atoms with Gasteiger partial charge in [-0.05, 0) is 42.5 Å². The first-order valence-corrected chi connectivity index (χ1v) is 7.78. The molecule has 2 aromatic carbocycles. The lowest BCUT2D eigenvalue weighted by Gasteiger charge is -2.27. The van der Waals surface area contributed by atoms with Gasteiger partial charge in [-0.25, -0.2) is 0 Å². The van der Waals surface area contributed by atoms with Crippen molar-refractivity contribution in [2.75, 3.05) is 6.61 Å². The molecule has 0 spiro atoms. The number of halogens is 2. The molecule has 3 rings (SSSR count). The number of hydrogen-bond donors (Lipinski definition) is 1. The Balaban J connectivity index is 1.88. The second-order valence-electron chi connectivity index (χ2n) is 5.25. The van der Waals surface area contributed by atoms with Gasteiger partial charge < -0.3 is 14.8 Å². The number of ether oxygens (including phenoxy) is 2. The van der Waals surface area contributed by atoms with Crippen LogP contribution < -0.4 is 14.8 Å². The fraction of sp³-hybridized carbons (Fsp3) is 0.167. The number of benzene rings is 2. The van der Waals surface area contributed by atoms with Crippen LogP contribution in [0.4, 0.5) is 4.39 Å². The smallest absolute Gasteiger partial charge is 0.243 e. The minimum atomic E-state index is -0.597. The van der Waals surface area contributed by atoms with Crippen molar-refractivity contribution in [3.63, 3.8) is 0 Å². The summed E-state index contributed by atoms with van der Waals surface area (Å²) in [5.74, 6) is -0.297. The van der Waals surface area contributed by atoms with Gasteiger partial charge in [0.25, 0.3) is 0 Å². The average Bonchev–Trinajstić information content (AvgIpc) is 2.59. The zero-order valence-corrected chi connectivity index (χ0v) is 13.5. The standard InChI is InChI=1S/C18H15ClFNO3/c1-2-16(22)21-14-9-10-23-18-13(14)7-8-15(17(18)20)24-12-5-3-11(19)4-6-12/h2-8,14H,1,9-10H2,(H,21,22). The van der Waals surface area contributed by atoms with Gasteiger partial charge in [-0.1, -0.05) is 18.2 Å². The lowest BCUT2D eigenvalue weighted by atomic mass is 10.00. The predicted molar refractivity (Wildman–Crippen MR) is 89.1 cm³/mol. The van der Waals surface area contributed by atoms with E-state index in [2.05, 4.69) is 11.9 Å². The van der Waals surface area contributed by atoms with E-state index < -0.39 is 5.82 Å². The first-order chi connectivity index (χ1) is 11.6. The van der Waals surface area contributed by atoms with Gasteiger partial charge in [0.1, 0.15) is 5.75 Å². The Bertz CT molecular complexity index is 777. The van der Waals surface area contributed by atoms with Gasteiger partial charge >= 0.3 is 0 Å². The average molecular weight is 348 g/mol. The molecule has 0 aromatic heterocycles. The van der Waals surface area contributed by atoms with Crippen LogP contribution in [0.25, 0.3) is 0 Å². The largest absolute Gasteiger partial charge is 0.490 e. The fourth-order valence-electron chi connectivity index (χ4n) is 2.50. The van der Waals surface area contributed by atoms with Gasteiger partial charge in [0, 0.05) is 17.0 Å². The Morgan fingerprint density at radius 3 is 2.79 bits per heavy atom. The van der Waals surface area contributed by atoms with Crippen LogP contribution in [0.1, 0.15) is 18.0 Å². The van der Waals surface area contributed by atoms with Crippen molar-refractivity contribution >= 4 is 17.5 Å². The van der Waals surface area contributed by atoms with Crippen molar-refractivity contribution in [1.29, 1.82) is 0 Å². The van der Waals surface area contributed by atoms with Crippen LogP contribution in [0.3, 0.4) is 0 Å². The van der Waals surface area contributed by atoms with Crippen molar-refractivity contribution in [1.82, 2.24) is 5.32 Å². The molecule has 1 aliphatic rings. The molecule has 6 heteroatoms. The number of rotatable bonds is 4. The van der Waals surface area contributed by atoms with E-state index >= 15 is 0 Å². The van der Waals surface area contributed by atoms with Crippen molar-refractivity contribution < 1.29 is 18.7 Å². The maximum atomic E-state index is 14.7. The van der Waals surface area contributed by atoms with Crippen LogP contribution in [0.5, 0.6) is 17.2 Å². The van der Waals surface area contributed by atoms with Crippen molar-refractivity contribution in [2.24, 2.45) is 0 Å². The Morgan fingerprint density at radius 2 is 2.08 bits per heavy atom. The van der Waals surface area contributed by atoms with E-state index in [4.69, 9.17) is 21.1 Å². The molecule has 1 atom stereocenters. The Morgan fingerprint density at radius 1 is 1.33 bits per heavy atom. The summed E-state index contributed by atoms with van der Waals surface area (Å²) in [6, 6.07) is 9.50.